The van der Waals surface area contributed by atoms with Gasteiger partial charge < -0.3 is 21.8 Å². The SMILES string of the molecule is CCCCCCCCOC(=O)CC(C(=O)OCCCCCCCC)S(=O)(=O)OOS(=O)(=O)C(CC(=O)OCCCCCCCC)C(=O)OCCCCCCCC.[H-].[H-].[Na+].[Na+]. The zero-order chi connectivity index (χ0) is 41.9. The number of hydrogen-bond acceptors (Lipinski definition) is 14. The van der Waals surface area contributed by atoms with E-state index in [0.717, 1.165) is 128 Å². The molecule has 0 aliphatic heterocycles. The number of carbonyl (C=O) groups is 4. The monoisotopic (exact) mass is 890 g/mol. The molecule has 0 aromatic carbocycles. The van der Waals surface area contributed by atoms with E-state index in [1.54, 1.807) is 0 Å². The van der Waals surface area contributed by atoms with Crippen molar-refractivity contribution in [2.45, 2.75) is 205 Å². The summed E-state index contributed by atoms with van der Waals surface area (Å²) in [5.74, 6) is -4.80. The van der Waals surface area contributed by atoms with E-state index in [4.69, 9.17) is 18.9 Å². The first-order valence-electron chi connectivity index (χ1n) is 21.4. The van der Waals surface area contributed by atoms with Crippen LogP contribution in [0.2, 0.25) is 0 Å². The van der Waals surface area contributed by atoms with E-state index in [-0.39, 0.29) is 88.4 Å². The summed E-state index contributed by atoms with van der Waals surface area (Å²) in [5, 5.41) is -4.68. The van der Waals surface area contributed by atoms with E-state index in [1.165, 1.54) is 0 Å². The van der Waals surface area contributed by atoms with Crippen LogP contribution in [0.15, 0.2) is 0 Å². The average Bonchev–Trinajstić information content (AvgIpc) is 3.16. The van der Waals surface area contributed by atoms with Crippen molar-refractivity contribution in [1.29, 1.82) is 0 Å². The Bertz CT molecular complexity index is 1180. The molecule has 0 saturated carbocycles. The molecule has 2 atom stereocenters. The van der Waals surface area contributed by atoms with Crippen LogP contribution in [0.25, 0.3) is 0 Å². The molecular formula is C40H76Na2O14S2. The predicted octanol–water partition coefficient (Wildman–Crippen LogP) is 2.96. The molecule has 0 saturated heterocycles. The number of unbranched alkanes of at least 4 members (excludes halogenated alkanes) is 20. The Kier molecular flexibility index (Phi) is 43.6. The zero-order valence-corrected chi connectivity index (χ0v) is 42.5. The molecule has 0 aromatic heterocycles. The van der Waals surface area contributed by atoms with E-state index >= 15 is 0 Å². The molecule has 18 heteroatoms. The second-order valence-corrected chi connectivity index (χ2v) is 17.7. The Balaban J connectivity index is -0.00000252. The molecule has 0 amide bonds. The molecule has 0 radical (unpaired) electrons. The van der Waals surface area contributed by atoms with E-state index in [9.17, 15) is 36.0 Å². The van der Waals surface area contributed by atoms with Crippen molar-refractivity contribution in [3.05, 3.63) is 0 Å². The van der Waals surface area contributed by atoms with E-state index in [1.807, 2.05) is 0 Å². The maximum atomic E-state index is 13.3. The molecule has 334 valence electrons. The summed E-state index contributed by atoms with van der Waals surface area (Å²) in [6.07, 6.45) is 19.1. The quantitative estimate of drug-likeness (QED) is 0.0219. The largest absolute Gasteiger partial charge is 1.00 e. The smallest absolute Gasteiger partial charge is 1.00 e. The van der Waals surface area contributed by atoms with Gasteiger partial charge in [-0.3, -0.25) is 19.2 Å². The fourth-order valence-electron chi connectivity index (χ4n) is 5.63. The first kappa shape index (κ1) is 62.0. The first-order valence-corrected chi connectivity index (χ1v) is 24.3. The number of rotatable bonds is 39. The minimum Gasteiger partial charge on any atom is -1.00 e. The van der Waals surface area contributed by atoms with Gasteiger partial charge in [0.25, 0.3) is 0 Å². The van der Waals surface area contributed by atoms with Crippen molar-refractivity contribution in [2.24, 2.45) is 0 Å². The van der Waals surface area contributed by atoms with Crippen LogP contribution in [0.5, 0.6) is 0 Å². The Morgan fingerprint density at radius 3 is 0.862 bits per heavy atom. The van der Waals surface area contributed by atoms with Gasteiger partial charge in [0.05, 0.1) is 39.3 Å². The van der Waals surface area contributed by atoms with Crippen LogP contribution in [0.1, 0.15) is 197 Å². The molecular weight excluding hydrogens is 815 g/mol. The third-order valence-corrected chi connectivity index (χ3v) is 11.9. The third-order valence-electron chi connectivity index (χ3n) is 9.15. The van der Waals surface area contributed by atoms with Crippen LogP contribution < -0.4 is 59.1 Å². The topological polar surface area (TPSA) is 192 Å². The maximum absolute atomic E-state index is 13.3. The number of esters is 4. The van der Waals surface area contributed by atoms with Gasteiger partial charge in [0, 0.05) is 0 Å². The van der Waals surface area contributed by atoms with Crippen molar-refractivity contribution >= 4 is 44.1 Å². The summed E-state index contributed by atoms with van der Waals surface area (Å²) in [6, 6.07) is 0. The summed E-state index contributed by atoms with van der Waals surface area (Å²) < 4.78 is 82.7. The van der Waals surface area contributed by atoms with Gasteiger partial charge in [0.15, 0.2) is 10.5 Å². The minimum atomic E-state index is -5.34. The van der Waals surface area contributed by atoms with Crippen LogP contribution in [0.3, 0.4) is 0 Å². The standard InChI is InChI=1S/C40H74O14S2.2Na.2H/c1-5-9-13-17-21-25-29-49-37(41)33-35(39(43)51-31-27-23-19-15-11-7-3)55(45,46)53-54-56(47,48)36(40(44)52-32-28-24-20-16-12-8-4)34-38(42)50-30-26-22-18-14-10-6-2;;;;/h35-36H,5-34H2,1-4H3;;;;/q;2*+1;2*-1. The Morgan fingerprint density at radius 1 is 0.379 bits per heavy atom. The summed E-state index contributed by atoms with van der Waals surface area (Å²) in [4.78, 5) is 51.5. The normalized spacial score (nSPS) is 12.4. The third kappa shape index (κ3) is 33.3. The van der Waals surface area contributed by atoms with Crippen molar-refractivity contribution in [2.75, 3.05) is 26.4 Å². The Morgan fingerprint density at radius 2 is 0.603 bits per heavy atom. The van der Waals surface area contributed by atoms with Crippen LogP contribution >= 0.6 is 0 Å². The number of hydrogen-bond donors (Lipinski definition) is 0. The first-order chi connectivity index (χ1) is 26.9. The van der Waals surface area contributed by atoms with Crippen molar-refractivity contribution in [3.8, 4) is 0 Å². The predicted molar refractivity (Wildman–Crippen MR) is 216 cm³/mol. The van der Waals surface area contributed by atoms with E-state index in [0.29, 0.717) is 25.7 Å². The molecule has 0 N–H and O–H groups in total. The second-order valence-electron chi connectivity index (χ2n) is 14.4. The van der Waals surface area contributed by atoms with Gasteiger partial charge in [-0.2, -0.15) is 16.8 Å². The van der Waals surface area contributed by atoms with Gasteiger partial charge in [-0.15, -0.1) is 0 Å². The molecule has 0 aliphatic rings. The zero-order valence-electron chi connectivity index (χ0n) is 38.9. The molecule has 0 heterocycles. The van der Waals surface area contributed by atoms with Gasteiger partial charge in [0.1, 0.15) is 0 Å². The van der Waals surface area contributed by atoms with Crippen LogP contribution in [-0.2, 0) is 67.0 Å². The molecule has 2 unspecified atom stereocenters. The second kappa shape index (κ2) is 40.8. The fraction of sp³-hybridized carbons (Fsp3) is 0.900. The van der Waals surface area contributed by atoms with Crippen molar-refractivity contribution < 1.29 is 126 Å². The van der Waals surface area contributed by atoms with Gasteiger partial charge in [0.2, 0.25) is 0 Å². The van der Waals surface area contributed by atoms with Crippen LogP contribution in [0.4, 0.5) is 0 Å². The minimum absolute atomic E-state index is 0. The molecule has 14 nitrogen and oxygen atoms in total. The van der Waals surface area contributed by atoms with Crippen molar-refractivity contribution in [3.63, 3.8) is 0 Å². The number of carbonyl (C=O) groups excluding carboxylic acids is 4. The van der Waals surface area contributed by atoms with Crippen LogP contribution in [0, 0.1) is 0 Å². The summed E-state index contributed by atoms with van der Waals surface area (Å²) in [6.45, 7) is 8.04. The van der Waals surface area contributed by atoms with Crippen LogP contribution in [-0.4, -0.2) is 77.6 Å². The summed E-state index contributed by atoms with van der Waals surface area (Å²) in [7, 11) is -10.7. The van der Waals surface area contributed by atoms with Gasteiger partial charge in [-0.05, 0) is 25.7 Å². The number of ether oxygens (including phenoxy) is 4. The summed E-state index contributed by atoms with van der Waals surface area (Å²) >= 11 is 0. The van der Waals surface area contributed by atoms with Crippen molar-refractivity contribution in [1.82, 2.24) is 0 Å². The maximum Gasteiger partial charge on any atom is 1.00 e. The summed E-state index contributed by atoms with van der Waals surface area (Å²) in [5.41, 5.74) is 0. The molecule has 0 aliphatic carbocycles. The average molecular weight is 891 g/mol. The van der Waals surface area contributed by atoms with E-state index < -0.39 is 67.5 Å². The molecule has 0 spiro atoms. The van der Waals surface area contributed by atoms with Gasteiger partial charge in [-0.1, -0.05) is 165 Å². The molecule has 58 heavy (non-hydrogen) atoms. The van der Waals surface area contributed by atoms with Gasteiger partial charge in [-0.25, -0.2) is 0 Å². The molecule has 0 bridgehead atoms. The Labute approximate surface area is 398 Å². The molecule has 0 fully saturated rings. The molecule has 0 rings (SSSR count). The Hall–Kier alpha value is -0.300. The van der Waals surface area contributed by atoms with E-state index in [2.05, 4.69) is 36.4 Å². The van der Waals surface area contributed by atoms with Gasteiger partial charge >= 0.3 is 103 Å². The molecule has 0 aromatic rings. The fourth-order valence-corrected chi connectivity index (χ4v) is 7.73.